The van der Waals surface area contributed by atoms with Crippen molar-refractivity contribution in [3.8, 4) is 0 Å². The van der Waals surface area contributed by atoms with E-state index in [1.54, 1.807) is 6.26 Å². The summed E-state index contributed by atoms with van der Waals surface area (Å²) in [6.45, 7) is 0. The van der Waals surface area contributed by atoms with Crippen LogP contribution in [0.2, 0.25) is 0 Å². The third kappa shape index (κ3) is 3.14. The molecule has 0 saturated carbocycles. The van der Waals surface area contributed by atoms with Crippen LogP contribution in [0.15, 0.2) is 34.5 Å². The zero-order valence-corrected chi connectivity index (χ0v) is 10.6. The van der Waals surface area contributed by atoms with Crippen molar-refractivity contribution < 1.29 is 13.2 Å². The van der Waals surface area contributed by atoms with Gasteiger partial charge in [0.2, 0.25) is 11.0 Å². The Hall–Kier alpha value is -1.83. The highest BCUT2D eigenvalue weighted by molar-refractivity contribution is 7.98. The van der Waals surface area contributed by atoms with Crippen molar-refractivity contribution >= 4 is 18.0 Å². The zero-order chi connectivity index (χ0) is 13.8. The number of thioether (sulfide) groups is 1. The first kappa shape index (κ1) is 13.6. The summed E-state index contributed by atoms with van der Waals surface area (Å²) in [5.41, 5.74) is 0.586. The third-order valence-corrected chi connectivity index (χ3v) is 2.83. The fraction of sp³-hybridized carbons (Fsp3) is 0.182. The number of rotatable bonds is 4. The molecule has 0 aliphatic rings. The van der Waals surface area contributed by atoms with Gasteiger partial charge in [0, 0.05) is 0 Å². The minimum Gasteiger partial charge on any atom is -0.207 e. The molecule has 8 heteroatoms. The van der Waals surface area contributed by atoms with Crippen LogP contribution in [-0.4, -0.2) is 27.3 Å². The summed E-state index contributed by atoms with van der Waals surface area (Å²) in [5, 5.41) is 11.1. The van der Waals surface area contributed by atoms with Crippen molar-refractivity contribution in [2.75, 3.05) is 6.26 Å². The summed E-state index contributed by atoms with van der Waals surface area (Å²) in [4.78, 5) is 0. The maximum Gasteiger partial charge on any atom is 0.299 e. The van der Waals surface area contributed by atoms with Gasteiger partial charge >= 0.3 is 0 Å². The van der Waals surface area contributed by atoms with Gasteiger partial charge in [-0.25, -0.2) is 13.2 Å². The van der Waals surface area contributed by atoms with E-state index in [-0.39, 0.29) is 11.0 Å². The Morgan fingerprint density at radius 1 is 1.26 bits per heavy atom. The molecule has 4 nitrogen and oxygen atoms in total. The smallest absolute Gasteiger partial charge is 0.207 e. The number of nitrogens with zero attached hydrogens (tertiary/aromatic N) is 4. The highest BCUT2D eigenvalue weighted by Crippen LogP contribution is 2.21. The molecule has 1 heterocycles. The van der Waals surface area contributed by atoms with E-state index >= 15 is 0 Å². The maximum absolute atomic E-state index is 12.7. The van der Waals surface area contributed by atoms with Gasteiger partial charge in [-0.2, -0.15) is 9.78 Å². The van der Waals surface area contributed by atoms with E-state index in [0.29, 0.717) is 5.56 Å². The molecule has 2 aromatic rings. The number of hydrogen-bond acceptors (Lipinski definition) is 4. The second kappa shape index (κ2) is 5.87. The fourth-order valence-corrected chi connectivity index (χ4v) is 1.76. The molecular weight excluding hydrogens is 277 g/mol. The first-order valence-corrected chi connectivity index (χ1v) is 6.41. The SMILES string of the molecule is CSc1nnc(C(F)F)n1/N=C/c1ccc(F)cc1. The van der Waals surface area contributed by atoms with E-state index in [4.69, 9.17) is 0 Å². The molecule has 2 rings (SSSR count). The Kier molecular flexibility index (Phi) is 4.20. The van der Waals surface area contributed by atoms with Crippen molar-refractivity contribution in [2.45, 2.75) is 11.6 Å². The molecule has 19 heavy (non-hydrogen) atoms. The van der Waals surface area contributed by atoms with Gasteiger partial charge in [0.1, 0.15) is 5.82 Å². The van der Waals surface area contributed by atoms with E-state index in [9.17, 15) is 13.2 Å². The topological polar surface area (TPSA) is 43.1 Å². The van der Waals surface area contributed by atoms with E-state index in [1.807, 2.05) is 0 Å². The quantitative estimate of drug-likeness (QED) is 0.641. The number of hydrogen-bond donors (Lipinski definition) is 0. The monoisotopic (exact) mass is 286 g/mol. The predicted molar refractivity (Wildman–Crippen MR) is 66.2 cm³/mol. The molecule has 0 bridgehead atoms. The molecule has 0 fully saturated rings. The van der Waals surface area contributed by atoms with Crippen molar-refractivity contribution in [3.63, 3.8) is 0 Å². The van der Waals surface area contributed by atoms with Crippen LogP contribution in [-0.2, 0) is 0 Å². The van der Waals surface area contributed by atoms with Gasteiger partial charge < -0.3 is 0 Å². The summed E-state index contributed by atoms with van der Waals surface area (Å²) in [6, 6.07) is 5.50. The lowest BCUT2D eigenvalue weighted by Crippen LogP contribution is -2.00. The van der Waals surface area contributed by atoms with Gasteiger partial charge in [0.05, 0.1) is 6.21 Å². The van der Waals surface area contributed by atoms with Crippen LogP contribution in [0.25, 0.3) is 0 Å². The molecule has 0 unspecified atom stereocenters. The Bertz CT molecular complexity index is 580. The average molecular weight is 286 g/mol. The Balaban J connectivity index is 2.31. The number of halogens is 3. The Morgan fingerprint density at radius 3 is 2.53 bits per heavy atom. The zero-order valence-electron chi connectivity index (χ0n) is 9.80. The molecule has 0 radical (unpaired) electrons. The van der Waals surface area contributed by atoms with E-state index in [1.165, 1.54) is 30.5 Å². The second-order valence-corrected chi connectivity index (χ2v) is 4.23. The molecule has 1 aromatic carbocycles. The van der Waals surface area contributed by atoms with Crippen LogP contribution in [0.1, 0.15) is 17.8 Å². The molecule has 0 saturated heterocycles. The molecule has 100 valence electrons. The minimum atomic E-state index is -2.77. The molecule has 0 amide bonds. The minimum absolute atomic E-state index is 0.258. The lowest BCUT2D eigenvalue weighted by atomic mass is 10.2. The largest absolute Gasteiger partial charge is 0.299 e. The molecule has 1 aromatic heterocycles. The van der Waals surface area contributed by atoms with E-state index in [2.05, 4.69) is 15.3 Å². The third-order valence-electron chi connectivity index (χ3n) is 2.21. The van der Waals surface area contributed by atoms with Crippen LogP contribution in [0, 0.1) is 5.82 Å². The van der Waals surface area contributed by atoms with Crippen LogP contribution >= 0.6 is 11.8 Å². The van der Waals surface area contributed by atoms with Crippen LogP contribution in [0.3, 0.4) is 0 Å². The summed E-state index contributed by atoms with van der Waals surface area (Å²) in [6.07, 6.45) is 0.260. The number of benzene rings is 1. The van der Waals surface area contributed by atoms with E-state index in [0.717, 1.165) is 16.4 Å². The van der Waals surface area contributed by atoms with Crippen molar-refractivity contribution in [3.05, 3.63) is 41.5 Å². The number of aromatic nitrogens is 3. The molecule has 0 spiro atoms. The van der Waals surface area contributed by atoms with E-state index < -0.39 is 12.2 Å². The van der Waals surface area contributed by atoms with Gasteiger partial charge in [-0.1, -0.05) is 23.9 Å². The highest BCUT2D eigenvalue weighted by atomic mass is 32.2. The molecule has 0 aliphatic carbocycles. The standard InChI is InChI=1S/C11H9F3N4S/c1-19-11-17-16-10(9(13)14)18(11)15-6-7-2-4-8(12)5-3-7/h2-6,9H,1H3/b15-6+. The summed E-state index contributed by atoms with van der Waals surface area (Å²) >= 11 is 1.15. The number of alkyl halides is 2. The lowest BCUT2D eigenvalue weighted by Gasteiger charge is -2.01. The summed E-state index contributed by atoms with van der Waals surface area (Å²) in [7, 11) is 0. The summed E-state index contributed by atoms with van der Waals surface area (Å²) < 4.78 is 39.1. The average Bonchev–Trinajstić information content (AvgIpc) is 2.81. The normalized spacial score (nSPS) is 11.6. The van der Waals surface area contributed by atoms with Gasteiger partial charge in [-0.15, -0.1) is 10.2 Å². The fourth-order valence-electron chi connectivity index (χ4n) is 1.32. The molecule has 0 aliphatic heterocycles. The van der Waals surface area contributed by atoms with Crippen LogP contribution in [0.4, 0.5) is 13.2 Å². The van der Waals surface area contributed by atoms with Crippen molar-refractivity contribution in [2.24, 2.45) is 5.10 Å². The molecular formula is C11H9F3N4S. The Labute approximate surface area is 111 Å². The van der Waals surface area contributed by atoms with Crippen molar-refractivity contribution in [1.82, 2.24) is 14.9 Å². The van der Waals surface area contributed by atoms with Crippen LogP contribution < -0.4 is 0 Å². The van der Waals surface area contributed by atoms with Gasteiger partial charge in [0.15, 0.2) is 0 Å². The first-order valence-electron chi connectivity index (χ1n) is 5.19. The maximum atomic E-state index is 12.7. The Morgan fingerprint density at radius 2 is 1.95 bits per heavy atom. The summed E-state index contributed by atoms with van der Waals surface area (Å²) in [5.74, 6) is -0.901. The highest BCUT2D eigenvalue weighted by Gasteiger charge is 2.19. The van der Waals surface area contributed by atoms with Gasteiger partial charge in [-0.05, 0) is 24.0 Å². The molecule has 0 N–H and O–H groups in total. The van der Waals surface area contributed by atoms with Gasteiger partial charge in [0.25, 0.3) is 6.43 Å². The predicted octanol–water partition coefficient (Wildman–Crippen LogP) is 2.96. The second-order valence-electron chi connectivity index (χ2n) is 3.45. The lowest BCUT2D eigenvalue weighted by molar-refractivity contribution is 0.135. The van der Waals surface area contributed by atoms with Crippen molar-refractivity contribution in [1.29, 1.82) is 0 Å². The first-order chi connectivity index (χ1) is 9.11. The van der Waals surface area contributed by atoms with Gasteiger partial charge in [-0.3, -0.25) is 0 Å². The molecule has 0 atom stereocenters. The van der Waals surface area contributed by atoms with Crippen LogP contribution in [0.5, 0.6) is 0 Å².